The quantitative estimate of drug-likeness (QED) is 0.314. The monoisotopic (exact) mass is 559 g/mol. The Hall–Kier alpha value is -3.57. The van der Waals surface area contributed by atoms with Crippen LogP contribution in [-0.4, -0.2) is 67.8 Å². The third-order valence-electron chi connectivity index (χ3n) is 7.04. The molecule has 2 aliphatic rings. The van der Waals surface area contributed by atoms with Crippen molar-refractivity contribution >= 4 is 18.2 Å². The van der Waals surface area contributed by atoms with Crippen LogP contribution in [0.2, 0.25) is 0 Å². The van der Waals surface area contributed by atoms with E-state index in [2.05, 4.69) is 30.6 Å². The lowest BCUT2D eigenvalue weighted by molar-refractivity contribution is -0.274. The topological polar surface area (TPSA) is 64.2 Å². The maximum absolute atomic E-state index is 12.4. The number of nitrogens with zero attached hydrogens (tertiary/aromatic N) is 7. The van der Waals surface area contributed by atoms with Gasteiger partial charge in [-0.25, -0.2) is 9.97 Å². The number of ether oxygens (including phenoxy) is 1. The van der Waals surface area contributed by atoms with E-state index in [0.29, 0.717) is 17.9 Å². The SMILES string of the molecule is Cc1cc(-c2cn(-c3ccc(OC(F)(F)F)cc3)cn2)nn1Cc1ccnc(N2CCN(C3CC3)CC2)c1.Cl. The maximum Gasteiger partial charge on any atom is 0.573 e. The number of pyridine rings is 1. The van der Waals surface area contributed by atoms with Crippen LogP contribution >= 0.6 is 12.4 Å². The second kappa shape index (κ2) is 10.9. The lowest BCUT2D eigenvalue weighted by atomic mass is 10.2. The van der Waals surface area contributed by atoms with Gasteiger partial charge in [0.2, 0.25) is 0 Å². The summed E-state index contributed by atoms with van der Waals surface area (Å²) >= 11 is 0. The highest BCUT2D eigenvalue weighted by Crippen LogP contribution is 2.29. The molecule has 1 aliphatic heterocycles. The highest BCUT2D eigenvalue weighted by Gasteiger charge is 2.32. The van der Waals surface area contributed by atoms with Gasteiger partial charge in [-0.2, -0.15) is 5.10 Å². The number of imidazole rings is 1. The van der Waals surface area contributed by atoms with E-state index >= 15 is 0 Å². The van der Waals surface area contributed by atoms with Crippen molar-refractivity contribution in [3.05, 3.63) is 72.4 Å². The number of benzene rings is 1. The van der Waals surface area contributed by atoms with Crippen LogP contribution in [0.25, 0.3) is 17.1 Å². The molecule has 0 amide bonds. The van der Waals surface area contributed by atoms with Gasteiger partial charge in [-0.3, -0.25) is 9.58 Å². The molecule has 4 aromatic rings. The summed E-state index contributed by atoms with van der Waals surface area (Å²) in [6.45, 7) is 6.81. The van der Waals surface area contributed by atoms with E-state index in [1.54, 1.807) is 29.2 Å². The predicted octanol–water partition coefficient (Wildman–Crippen LogP) is 5.09. The first-order valence-corrected chi connectivity index (χ1v) is 12.7. The van der Waals surface area contributed by atoms with Crippen LogP contribution in [0.4, 0.5) is 19.0 Å². The summed E-state index contributed by atoms with van der Waals surface area (Å²) < 4.78 is 44.9. The summed E-state index contributed by atoms with van der Waals surface area (Å²) in [6.07, 6.45) is 3.24. The van der Waals surface area contributed by atoms with Crippen LogP contribution < -0.4 is 9.64 Å². The fraction of sp³-hybridized carbons (Fsp3) is 0.370. The van der Waals surface area contributed by atoms with Crippen molar-refractivity contribution in [3.8, 4) is 22.8 Å². The summed E-state index contributed by atoms with van der Waals surface area (Å²) in [7, 11) is 0. The molecule has 6 rings (SSSR count). The average molecular weight is 560 g/mol. The Morgan fingerprint density at radius 3 is 2.38 bits per heavy atom. The lowest BCUT2D eigenvalue weighted by Gasteiger charge is -2.35. The zero-order chi connectivity index (χ0) is 26.3. The summed E-state index contributed by atoms with van der Waals surface area (Å²) in [6, 6.07) is 12.6. The summed E-state index contributed by atoms with van der Waals surface area (Å²) in [5, 5.41) is 4.77. The van der Waals surface area contributed by atoms with E-state index in [4.69, 9.17) is 5.10 Å². The molecule has 12 heteroatoms. The third-order valence-corrected chi connectivity index (χ3v) is 7.04. The standard InChI is InChI=1S/C27H28F3N7O.ClH/c1-19-14-24(25-17-36(18-32-25)22-4-6-23(7-5-22)38-27(28,29)30)33-37(19)16-20-8-9-31-26(15-20)35-12-10-34(11-13-35)21-2-3-21;/h4-9,14-15,17-18,21H,2-3,10-13,16H2,1H3;1H. The lowest BCUT2D eigenvalue weighted by Crippen LogP contribution is -2.47. The number of anilines is 1. The minimum absolute atomic E-state index is 0. The van der Waals surface area contributed by atoms with E-state index in [1.807, 2.05) is 29.9 Å². The molecule has 3 aromatic heterocycles. The highest BCUT2D eigenvalue weighted by atomic mass is 35.5. The third kappa shape index (κ3) is 6.36. The first-order valence-electron chi connectivity index (χ1n) is 12.7. The molecule has 206 valence electrons. The molecule has 39 heavy (non-hydrogen) atoms. The molecule has 1 aliphatic carbocycles. The number of rotatable bonds is 7. The van der Waals surface area contributed by atoms with Gasteiger partial charge in [0.25, 0.3) is 0 Å². The van der Waals surface area contributed by atoms with Crippen LogP contribution in [0.5, 0.6) is 5.75 Å². The zero-order valence-electron chi connectivity index (χ0n) is 21.4. The van der Waals surface area contributed by atoms with Crippen molar-refractivity contribution in [2.75, 3.05) is 31.1 Å². The molecular weight excluding hydrogens is 531 g/mol. The van der Waals surface area contributed by atoms with E-state index in [1.165, 1.54) is 25.0 Å². The van der Waals surface area contributed by atoms with E-state index in [0.717, 1.165) is 55.0 Å². The van der Waals surface area contributed by atoms with Crippen molar-refractivity contribution in [1.82, 2.24) is 29.2 Å². The molecule has 0 spiro atoms. The summed E-state index contributed by atoms with van der Waals surface area (Å²) in [4.78, 5) is 14.0. The van der Waals surface area contributed by atoms with Crippen LogP contribution in [-0.2, 0) is 6.54 Å². The molecule has 8 nitrogen and oxygen atoms in total. The average Bonchev–Trinajstić information content (AvgIpc) is 3.52. The van der Waals surface area contributed by atoms with Gasteiger partial charge in [-0.15, -0.1) is 25.6 Å². The smallest absolute Gasteiger partial charge is 0.406 e. The van der Waals surface area contributed by atoms with Crippen LogP contribution in [0.1, 0.15) is 24.1 Å². The van der Waals surface area contributed by atoms with Gasteiger partial charge in [0.15, 0.2) is 0 Å². The first kappa shape index (κ1) is 27.0. The molecule has 0 atom stereocenters. The predicted molar refractivity (Wildman–Crippen MR) is 144 cm³/mol. The van der Waals surface area contributed by atoms with Crippen molar-refractivity contribution in [1.29, 1.82) is 0 Å². The zero-order valence-corrected chi connectivity index (χ0v) is 22.2. The molecule has 0 bridgehead atoms. The van der Waals surface area contributed by atoms with Crippen molar-refractivity contribution in [3.63, 3.8) is 0 Å². The highest BCUT2D eigenvalue weighted by molar-refractivity contribution is 5.85. The normalized spacial score (nSPS) is 16.3. The molecule has 0 N–H and O–H groups in total. The van der Waals surface area contributed by atoms with Gasteiger partial charge in [-0.05, 0) is 67.8 Å². The minimum Gasteiger partial charge on any atom is -0.406 e. The van der Waals surface area contributed by atoms with Gasteiger partial charge >= 0.3 is 6.36 Å². The van der Waals surface area contributed by atoms with Gasteiger partial charge in [0, 0.05) is 56.0 Å². The number of hydrogen-bond acceptors (Lipinski definition) is 6. The van der Waals surface area contributed by atoms with Gasteiger partial charge in [0.1, 0.15) is 23.0 Å². The Morgan fingerprint density at radius 2 is 1.69 bits per heavy atom. The maximum atomic E-state index is 12.4. The molecular formula is C27H29ClF3N7O. The molecule has 0 unspecified atom stereocenters. The fourth-order valence-corrected chi connectivity index (χ4v) is 4.87. The van der Waals surface area contributed by atoms with Crippen molar-refractivity contribution < 1.29 is 17.9 Å². The van der Waals surface area contributed by atoms with Crippen molar-refractivity contribution in [2.24, 2.45) is 0 Å². The summed E-state index contributed by atoms with van der Waals surface area (Å²) in [5.41, 5.74) is 4.19. The number of halogens is 4. The van der Waals surface area contributed by atoms with Gasteiger partial charge in [0.05, 0.1) is 12.9 Å². The molecule has 1 saturated heterocycles. The van der Waals surface area contributed by atoms with E-state index in [-0.39, 0.29) is 18.2 Å². The summed E-state index contributed by atoms with van der Waals surface area (Å²) in [5.74, 6) is 0.740. The number of aryl methyl sites for hydroxylation is 1. The second-order valence-electron chi connectivity index (χ2n) is 9.81. The number of piperazine rings is 1. The van der Waals surface area contributed by atoms with Gasteiger partial charge < -0.3 is 14.2 Å². The largest absolute Gasteiger partial charge is 0.573 e. The second-order valence-corrected chi connectivity index (χ2v) is 9.81. The Labute approximate surface area is 230 Å². The van der Waals surface area contributed by atoms with E-state index in [9.17, 15) is 13.2 Å². The molecule has 0 radical (unpaired) electrons. The van der Waals surface area contributed by atoms with Crippen LogP contribution in [0.3, 0.4) is 0 Å². The van der Waals surface area contributed by atoms with E-state index < -0.39 is 6.36 Å². The molecule has 1 saturated carbocycles. The Morgan fingerprint density at radius 1 is 0.949 bits per heavy atom. The molecule has 4 heterocycles. The number of aromatic nitrogens is 5. The Kier molecular flexibility index (Phi) is 7.55. The van der Waals surface area contributed by atoms with Gasteiger partial charge in [-0.1, -0.05) is 0 Å². The first-order chi connectivity index (χ1) is 18.3. The molecule has 2 fully saturated rings. The Balaban J connectivity index is 0.00000308. The fourth-order valence-electron chi connectivity index (χ4n) is 4.87. The number of hydrogen-bond donors (Lipinski definition) is 0. The van der Waals surface area contributed by atoms with Crippen LogP contribution in [0, 0.1) is 6.92 Å². The minimum atomic E-state index is -4.72. The number of alkyl halides is 3. The van der Waals surface area contributed by atoms with Crippen LogP contribution in [0.15, 0.2) is 61.2 Å². The van der Waals surface area contributed by atoms with Crippen molar-refractivity contribution in [2.45, 2.75) is 38.7 Å². The molecule has 1 aromatic carbocycles. The Bertz CT molecular complexity index is 1410.